The second-order valence-electron chi connectivity index (χ2n) is 5.17. The highest BCUT2D eigenvalue weighted by atomic mass is 16.1. The van der Waals surface area contributed by atoms with Crippen molar-refractivity contribution in [2.24, 2.45) is 23.2 Å². The molecule has 2 unspecified atom stereocenters. The van der Waals surface area contributed by atoms with Gasteiger partial charge in [0.25, 0.3) is 0 Å². The number of allylic oxidation sites excluding steroid dienone is 2. The van der Waals surface area contributed by atoms with E-state index < -0.39 is 0 Å². The van der Waals surface area contributed by atoms with Crippen LogP contribution in [0.3, 0.4) is 0 Å². The molecule has 0 spiro atoms. The standard InChI is InChI=1S/C12H20O/c1-9(2)11-7-12(3,4)6-5-10(11)8-13/h5-6,8-11H,7H2,1-4H3. The molecular weight excluding hydrogens is 160 g/mol. The van der Waals surface area contributed by atoms with E-state index in [2.05, 4.69) is 39.8 Å². The van der Waals surface area contributed by atoms with Gasteiger partial charge >= 0.3 is 0 Å². The molecule has 0 aliphatic heterocycles. The van der Waals surface area contributed by atoms with Crippen LogP contribution >= 0.6 is 0 Å². The van der Waals surface area contributed by atoms with E-state index in [1.165, 1.54) is 0 Å². The second kappa shape index (κ2) is 3.65. The summed E-state index contributed by atoms with van der Waals surface area (Å²) in [5, 5.41) is 0. The third-order valence-electron chi connectivity index (χ3n) is 3.04. The van der Waals surface area contributed by atoms with Gasteiger partial charge in [-0.3, -0.25) is 0 Å². The van der Waals surface area contributed by atoms with Crippen molar-refractivity contribution in [3.8, 4) is 0 Å². The molecule has 0 amide bonds. The topological polar surface area (TPSA) is 17.1 Å². The molecule has 1 nitrogen and oxygen atoms in total. The van der Waals surface area contributed by atoms with Gasteiger partial charge < -0.3 is 4.79 Å². The Morgan fingerprint density at radius 1 is 1.46 bits per heavy atom. The first kappa shape index (κ1) is 10.5. The summed E-state index contributed by atoms with van der Waals surface area (Å²) in [7, 11) is 0. The minimum atomic E-state index is 0.146. The first-order chi connectivity index (χ1) is 5.96. The molecule has 1 aliphatic rings. The van der Waals surface area contributed by atoms with Crippen LogP contribution in [0.2, 0.25) is 0 Å². The number of rotatable bonds is 2. The van der Waals surface area contributed by atoms with Crippen LogP contribution in [0.1, 0.15) is 34.1 Å². The van der Waals surface area contributed by atoms with E-state index in [9.17, 15) is 4.79 Å². The summed E-state index contributed by atoms with van der Waals surface area (Å²) in [5.74, 6) is 1.27. The van der Waals surface area contributed by atoms with E-state index in [-0.39, 0.29) is 11.3 Å². The SMILES string of the molecule is CC(C)C1CC(C)(C)C=CC1C=O. The van der Waals surface area contributed by atoms with Crippen molar-refractivity contribution in [2.45, 2.75) is 34.1 Å². The van der Waals surface area contributed by atoms with E-state index in [1.807, 2.05) is 0 Å². The molecule has 0 radical (unpaired) electrons. The van der Waals surface area contributed by atoms with Crippen LogP contribution in [-0.4, -0.2) is 6.29 Å². The predicted octanol–water partition coefficient (Wildman–Crippen LogP) is 3.06. The summed E-state index contributed by atoms with van der Waals surface area (Å²) < 4.78 is 0. The Kier molecular flexibility index (Phi) is 2.94. The van der Waals surface area contributed by atoms with E-state index >= 15 is 0 Å². The second-order valence-corrected chi connectivity index (χ2v) is 5.17. The fourth-order valence-electron chi connectivity index (χ4n) is 2.15. The fourth-order valence-corrected chi connectivity index (χ4v) is 2.15. The first-order valence-corrected chi connectivity index (χ1v) is 5.11. The maximum atomic E-state index is 10.8. The molecule has 0 bridgehead atoms. The molecule has 0 saturated heterocycles. The average molecular weight is 180 g/mol. The monoisotopic (exact) mass is 180 g/mol. The van der Waals surface area contributed by atoms with E-state index in [0.717, 1.165) is 12.7 Å². The molecule has 1 rings (SSSR count). The molecule has 1 aliphatic carbocycles. The molecule has 0 aromatic carbocycles. The quantitative estimate of drug-likeness (QED) is 0.471. The normalized spacial score (nSPS) is 32.1. The van der Waals surface area contributed by atoms with Gasteiger partial charge in [0.1, 0.15) is 6.29 Å². The number of hydrogen-bond donors (Lipinski definition) is 0. The van der Waals surface area contributed by atoms with Crippen LogP contribution in [0.5, 0.6) is 0 Å². The van der Waals surface area contributed by atoms with Crippen LogP contribution < -0.4 is 0 Å². The zero-order valence-corrected chi connectivity index (χ0v) is 9.08. The van der Waals surface area contributed by atoms with Crippen molar-refractivity contribution in [1.82, 2.24) is 0 Å². The predicted molar refractivity (Wildman–Crippen MR) is 55.4 cm³/mol. The summed E-state index contributed by atoms with van der Waals surface area (Å²) in [6, 6.07) is 0. The molecule has 1 heteroatoms. The van der Waals surface area contributed by atoms with Gasteiger partial charge in [-0.25, -0.2) is 0 Å². The molecule has 74 valence electrons. The van der Waals surface area contributed by atoms with Crippen LogP contribution in [0.4, 0.5) is 0 Å². The Balaban J connectivity index is 2.83. The van der Waals surface area contributed by atoms with Crippen LogP contribution in [0, 0.1) is 23.2 Å². The average Bonchev–Trinajstić information content (AvgIpc) is 2.03. The van der Waals surface area contributed by atoms with Crippen molar-refractivity contribution >= 4 is 6.29 Å². The van der Waals surface area contributed by atoms with Crippen LogP contribution in [0.15, 0.2) is 12.2 Å². The maximum absolute atomic E-state index is 10.8. The zero-order chi connectivity index (χ0) is 10.1. The minimum Gasteiger partial charge on any atom is -0.303 e. The number of hydrogen-bond acceptors (Lipinski definition) is 1. The summed E-state index contributed by atoms with van der Waals surface area (Å²) >= 11 is 0. The number of aldehydes is 1. The Hall–Kier alpha value is -0.590. The Morgan fingerprint density at radius 2 is 2.08 bits per heavy atom. The molecule has 0 heterocycles. The van der Waals surface area contributed by atoms with Crippen molar-refractivity contribution in [2.75, 3.05) is 0 Å². The fraction of sp³-hybridized carbons (Fsp3) is 0.750. The van der Waals surface area contributed by atoms with E-state index in [1.54, 1.807) is 0 Å². The third-order valence-corrected chi connectivity index (χ3v) is 3.04. The lowest BCUT2D eigenvalue weighted by Gasteiger charge is -2.36. The summed E-state index contributed by atoms with van der Waals surface area (Å²) in [4.78, 5) is 10.8. The third kappa shape index (κ3) is 2.43. The smallest absolute Gasteiger partial charge is 0.127 e. The molecular formula is C12H20O. The molecule has 2 atom stereocenters. The first-order valence-electron chi connectivity index (χ1n) is 5.11. The van der Waals surface area contributed by atoms with Crippen molar-refractivity contribution in [1.29, 1.82) is 0 Å². The molecule has 13 heavy (non-hydrogen) atoms. The summed E-state index contributed by atoms with van der Waals surface area (Å²) in [5.41, 5.74) is 0.272. The van der Waals surface area contributed by atoms with Gasteiger partial charge in [0.05, 0.1) is 0 Å². The number of carbonyl (C=O) groups is 1. The molecule has 0 N–H and O–H groups in total. The highest BCUT2D eigenvalue weighted by molar-refractivity contribution is 5.57. The van der Waals surface area contributed by atoms with Gasteiger partial charge in [0.15, 0.2) is 0 Å². The van der Waals surface area contributed by atoms with Crippen molar-refractivity contribution < 1.29 is 4.79 Å². The minimum absolute atomic E-state index is 0.146. The molecule has 0 aromatic rings. The van der Waals surface area contributed by atoms with Gasteiger partial charge in [0, 0.05) is 5.92 Å². The Labute approximate surface area is 81.2 Å². The van der Waals surface area contributed by atoms with Crippen molar-refractivity contribution in [3.05, 3.63) is 12.2 Å². The summed E-state index contributed by atoms with van der Waals surface area (Å²) in [6.07, 6.45) is 6.49. The number of carbonyl (C=O) groups excluding carboxylic acids is 1. The Bertz CT molecular complexity index is 213. The molecule has 0 saturated carbocycles. The largest absolute Gasteiger partial charge is 0.303 e. The van der Waals surface area contributed by atoms with Crippen molar-refractivity contribution in [3.63, 3.8) is 0 Å². The lowest BCUT2D eigenvalue weighted by Crippen LogP contribution is -2.29. The van der Waals surface area contributed by atoms with Gasteiger partial charge in [-0.15, -0.1) is 0 Å². The zero-order valence-electron chi connectivity index (χ0n) is 9.08. The van der Waals surface area contributed by atoms with Crippen LogP contribution in [-0.2, 0) is 4.79 Å². The highest BCUT2D eigenvalue weighted by Crippen LogP contribution is 2.39. The lowest BCUT2D eigenvalue weighted by molar-refractivity contribution is -0.112. The summed E-state index contributed by atoms with van der Waals surface area (Å²) in [6.45, 7) is 8.88. The maximum Gasteiger partial charge on any atom is 0.127 e. The van der Waals surface area contributed by atoms with E-state index in [0.29, 0.717) is 11.8 Å². The van der Waals surface area contributed by atoms with Gasteiger partial charge in [-0.05, 0) is 23.7 Å². The van der Waals surface area contributed by atoms with Gasteiger partial charge in [-0.2, -0.15) is 0 Å². The molecule has 0 aromatic heterocycles. The Morgan fingerprint density at radius 3 is 2.54 bits per heavy atom. The van der Waals surface area contributed by atoms with Gasteiger partial charge in [-0.1, -0.05) is 39.8 Å². The van der Waals surface area contributed by atoms with E-state index in [4.69, 9.17) is 0 Å². The highest BCUT2D eigenvalue weighted by Gasteiger charge is 2.32. The lowest BCUT2D eigenvalue weighted by atomic mass is 9.68. The van der Waals surface area contributed by atoms with Crippen LogP contribution in [0.25, 0.3) is 0 Å². The van der Waals surface area contributed by atoms with Gasteiger partial charge in [0.2, 0.25) is 0 Å². The molecule has 0 fully saturated rings.